The van der Waals surface area contributed by atoms with Crippen molar-refractivity contribution in [1.29, 1.82) is 0 Å². The SMILES string of the molecule is CC=CC=CC(=O)OCC(=O)c1cc(C)n(-c2ccc(F)cc2)c1C. The molecule has 4 nitrogen and oxygen atoms in total. The van der Waals surface area contributed by atoms with Gasteiger partial charge in [0.05, 0.1) is 0 Å². The van der Waals surface area contributed by atoms with Crippen LogP contribution in [0.4, 0.5) is 4.39 Å². The summed E-state index contributed by atoms with van der Waals surface area (Å²) >= 11 is 0. The first-order chi connectivity index (χ1) is 11.9. The number of ether oxygens (including phenoxy) is 1. The average Bonchev–Trinajstić information content (AvgIpc) is 2.88. The maximum atomic E-state index is 13.1. The Balaban J connectivity index is 2.15. The van der Waals surface area contributed by atoms with Gasteiger partial charge in [-0.15, -0.1) is 0 Å². The molecule has 2 aromatic rings. The van der Waals surface area contributed by atoms with Crippen LogP contribution in [-0.4, -0.2) is 22.9 Å². The number of carbonyl (C=O) groups is 2. The maximum absolute atomic E-state index is 13.1. The molecule has 0 bridgehead atoms. The molecule has 0 saturated carbocycles. The third kappa shape index (κ3) is 4.53. The van der Waals surface area contributed by atoms with Gasteiger partial charge in [-0.05, 0) is 51.1 Å². The minimum atomic E-state index is -0.571. The van der Waals surface area contributed by atoms with Crippen LogP contribution in [0, 0.1) is 19.7 Å². The standard InChI is InChI=1S/C20H20FNO3/c1-4-5-6-7-20(24)25-13-19(23)18-12-14(2)22(15(18)3)17-10-8-16(21)9-11-17/h4-12H,13H2,1-3H3. The number of esters is 1. The second kappa shape index (κ2) is 8.24. The van der Waals surface area contributed by atoms with Crippen LogP contribution in [-0.2, 0) is 9.53 Å². The lowest BCUT2D eigenvalue weighted by Gasteiger charge is -2.09. The molecule has 2 rings (SSSR count). The fourth-order valence-corrected chi connectivity index (χ4v) is 2.54. The molecule has 0 atom stereocenters. The molecule has 0 saturated heterocycles. The first-order valence-corrected chi connectivity index (χ1v) is 7.88. The molecule has 0 aliphatic carbocycles. The van der Waals surface area contributed by atoms with Crippen molar-refractivity contribution in [1.82, 2.24) is 4.57 Å². The van der Waals surface area contributed by atoms with E-state index >= 15 is 0 Å². The largest absolute Gasteiger partial charge is 0.454 e. The fourth-order valence-electron chi connectivity index (χ4n) is 2.54. The number of allylic oxidation sites excluding steroid dienone is 3. The molecule has 0 aliphatic rings. The zero-order valence-electron chi connectivity index (χ0n) is 14.5. The molecule has 1 heterocycles. The summed E-state index contributed by atoms with van der Waals surface area (Å²) in [6.45, 7) is 5.17. The monoisotopic (exact) mass is 341 g/mol. The molecule has 0 unspecified atom stereocenters. The Morgan fingerprint density at radius 2 is 1.84 bits per heavy atom. The van der Waals surface area contributed by atoms with Crippen molar-refractivity contribution in [3.63, 3.8) is 0 Å². The number of aryl methyl sites for hydroxylation is 1. The fraction of sp³-hybridized carbons (Fsp3) is 0.200. The quantitative estimate of drug-likeness (QED) is 0.344. The predicted molar refractivity (Wildman–Crippen MR) is 94.4 cm³/mol. The normalized spacial score (nSPS) is 11.4. The number of hydrogen-bond acceptors (Lipinski definition) is 3. The van der Waals surface area contributed by atoms with E-state index in [0.29, 0.717) is 5.56 Å². The highest BCUT2D eigenvalue weighted by Gasteiger charge is 2.17. The van der Waals surface area contributed by atoms with E-state index in [-0.39, 0.29) is 18.2 Å². The van der Waals surface area contributed by atoms with Gasteiger partial charge in [0.15, 0.2) is 6.61 Å². The Hall–Kier alpha value is -2.95. The molecule has 0 spiro atoms. The Morgan fingerprint density at radius 1 is 1.16 bits per heavy atom. The van der Waals surface area contributed by atoms with Gasteiger partial charge in [-0.1, -0.05) is 18.2 Å². The van der Waals surface area contributed by atoms with E-state index in [0.717, 1.165) is 17.1 Å². The molecule has 1 aromatic heterocycles. The van der Waals surface area contributed by atoms with Crippen LogP contribution in [0.15, 0.2) is 54.6 Å². The summed E-state index contributed by atoms with van der Waals surface area (Å²) in [4.78, 5) is 23.9. The third-order valence-corrected chi connectivity index (χ3v) is 3.70. The lowest BCUT2D eigenvalue weighted by Crippen LogP contribution is -2.13. The molecule has 0 fully saturated rings. The summed E-state index contributed by atoms with van der Waals surface area (Å²) in [5.41, 5.74) is 2.80. The number of halogens is 1. The molecule has 0 N–H and O–H groups in total. The summed E-state index contributed by atoms with van der Waals surface area (Å²) in [6, 6.07) is 7.78. The molecule has 25 heavy (non-hydrogen) atoms. The number of nitrogens with zero attached hydrogens (tertiary/aromatic N) is 1. The minimum absolute atomic E-state index is 0.283. The maximum Gasteiger partial charge on any atom is 0.331 e. The van der Waals surface area contributed by atoms with E-state index in [1.807, 2.05) is 18.4 Å². The molecule has 5 heteroatoms. The van der Waals surface area contributed by atoms with Crippen molar-refractivity contribution in [2.75, 3.05) is 6.61 Å². The number of rotatable bonds is 6. The van der Waals surface area contributed by atoms with Gasteiger partial charge in [0.2, 0.25) is 5.78 Å². The van der Waals surface area contributed by atoms with Crippen molar-refractivity contribution in [3.05, 3.63) is 77.4 Å². The zero-order valence-corrected chi connectivity index (χ0v) is 14.5. The Labute approximate surface area is 146 Å². The van der Waals surface area contributed by atoms with Crippen LogP contribution >= 0.6 is 0 Å². The Morgan fingerprint density at radius 3 is 2.48 bits per heavy atom. The van der Waals surface area contributed by atoms with Crippen LogP contribution < -0.4 is 0 Å². The third-order valence-electron chi connectivity index (χ3n) is 3.70. The van der Waals surface area contributed by atoms with Crippen LogP contribution in [0.2, 0.25) is 0 Å². The summed E-state index contributed by atoms with van der Waals surface area (Å²) in [7, 11) is 0. The number of aromatic nitrogens is 1. The Kier molecular flexibility index (Phi) is 6.06. The smallest absolute Gasteiger partial charge is 0.331 e. The highest BCUT2D eigenvalue weighted by molar-refractivity contribution is 6.00. The number of carbonyl (C=O) groups excluding carboxylic acids is 2. The van der Waals surface area contributed by atoms with Gasteiger partial charge in [0, 0.05) is 28.7 Å². The van der Waals surface area contributed by atoms with Crippen molar-refractivity contribution < 1.29 is 18.7 Å². The zero-order chi connectivity index (χ0) is 18.4. The van der Waals surface area contributed by atoms with Gasteiger partial charge >= 0.3 is 5.97 Å². The van der Waals surface area contributed by atoms with Crippen LogP contribution in [0.3, 0.4) is 0 Å². The number of ketones is 1. The highest BCUT2D eigenvalue weighted by Crippen LogP contribution is 2.21. The number of Topliss-reactive ketones (excluding diaryl/α,β-unsaturated/α-hetero) is 1. The molecule has 1 aromatic carbocycles. The van der Waals surface area contributed by atoms with Crippen LogP contribution in [0.5, 0.6) is 0 Å². The van der Waals surface area contributed by atoms with Gasteiger partial charge in [-0.25, -0.2) is 9.18 Å². The van der Waals surface area contributed by atoms with Crippen molar-refractivity contribution in [2.24, 2.45) is 0 Å². The van der Waals surface area contributed by atoms with Gasteiger partial charge in [-0.2, -0.15) is 0 Å². The van der Waals surface area contributed by atoms with E-state index in [2.05, 4.69) is 0 Å². The van der Waals surface area contributed by atoms with E-state index in [4.69, 9.17) is 4.74 Å². The molecular weight excluding hydrogens is 321 g/mol. The molecule has 0 amide bonds. The van der Waals surface area contributed by atoms with Crippen molar-refractivity contribution in [3.8, 4) is 5.69 Å². The van der Waals surface area contributed by atoms with E-state index < -0.39 is 5.97 Å². The second-order valence-corrected chi connectivity index (χ2v) is 5.51. The van der Waals surface area contributed by atoms with Gasteiger partial charge in [0.25, 0.3) is 0 Å². The summed E-state index contributed by atoms with van der Waals surface area (Å²) in [6.07, 6.45) is 6.28. The van der Waals surface area contributed by atoms with E-state index in [9.17, 15) is 14.0 Å². The molecule has 0 radical (unpaired) electrons. The second-order valence-electron chi connectivity index (χ2n) is 5.51. The first kappa shape index (κ1) is 18.4. The Bertz CT molecular complexity index is 829. The lowest BCUT2D eigenvalue weighted by molar-refractivity contribution is -0.136. The molecule has 130 valence electrons. The summed E-state index contributed by atoms with van der Waals surface area (Å²) in [5.74, 6) is -1.17. The van der Waals surface area contributed by atoms with E-state index in [1.54, 1.807) is 43.4 Å². The first-order valence-electron chi connectivity index (χ1n) is 7.88. The highest BCUT2D eigenvalue weighted by atomic mass is 19.1. The molecular formula is C20H20FNO3. The van der Waals surface area contributed by atoms with Gasteiger partial charge in [-0.3, -0.25) is 4.79 Å². The van der Waals surface area contributed by atoms with E-state index in [1.165, 1.54) is 18.2 Å². The number of hydrogen-bond donors (Lipinski definition) is 0. The summed E-state index contributed by atoms with van der Waals surface area (Å²) in [5, 5.41) is 0. The summed E-state index contributed by atoms with van der Waals surface area (Å²) < 4.78 is 19.9. The predicted octanol–water partition coefficient (Wildman–Crippen LogP) is 4.09. The van der Waals surface area contributed by atoms with Gasteiger partial charge < -0.3 is 9.30 Å². The molecule has 0 aliphatic heterocycles. The van der Waals surface area contributed by atoms with Crippen LogP contribution in [0.1, 0.15) is 28.7 Å². The van der Waals surface area contributed by atoms with Gasteiger partial charge in [0.1, 0.15) is 5.82 Å². The van der Waals surface area contributed by atoms with Crippen molar-refractivity contribution >= 4 is 11.8 Å². The lowest BCUT2D eigenvalue weighted by atomic mass is 10.1. The van der Waals surface area contributed by atoms with Crippen molar-refractivity contribution in [2.45, 2.75) is 20.8 Å². The minimum Gasteiger partial charge on any atom is -0.454 e. The average molecular weight is 341 g/mol. The topological polar surface area (TPSA) is 48.3 Å². The number of benzene rings is 1. The van der Waals surface area contributed by atoms with Crippen LogP contribution in [0.25, 0.3) is 5.69 Å².